The first-order valence-corrected chi connectivity index (χ1v) is 6.77. The van der Waals surface area contributed by atoms with Crippen molar-refractivity contribution in [2.45, 2.75) is 19.5 Å². The zero-order valence-electron chi connectivity index (χ0n) is 11.7. The van der Waals surface area contributed by atoms with E-state index in [2.05, 4.69) is 23.4 Å². The van der Waals surface area contributed by atoms with E-state index in [4.69, 9.17) is 0 Å². The molecule has 2 aromatic rings. The van der Waals surface area contributed by atoms with Gasteiger partial charge in [-0.1, -0.05) is 18.2 Å². The average molecular weight is 270 g/mol. The third-order valence-electron chi connectivity index (χ3n) is 3.58. The third-order valence-corrected chi connectivity index (χ3v) is 3.58. The van der Waals surface area contributed by atoms with Gasteiger partial charge in [0.05, 0.1) is 11.8 Å². The van der Waals surface area contributed by atoms with Gasteiger partial charge in [0.15, 0.2) is 0 Å². The van der Waals surface area contributed by atoms with Crippen LogP contribution in [-0.4, -0.2) is 28.3 Å². The van der Waals surface area contributed by atoms with Crippen LogP contribution in [0.25, 0.3) is 0 Å². The van der Waals surface area contributed by atoms with Gasteiger partial charge in [-0.15, -0.1) is 0 Å². The topological polar surface area (TPSA) is 50.2 Å². The summed E-state index contributed by atoms with van der Waals surface area (Å²) in [5.74, 6) is 0.00102. The zero-order valence-corrected chi connectivity index (χ0v) is 11.7. The summed E-state index contributed by atoms with van der Waals surface area (Å²) in [7, 11) is 1.82. The highest BCUT2D eigenvalue weighted by atomic mass is 16.2. The van der Waals surface area contributed by atoms with Crippen molar-refractivity contribution in [2.75, 3.05) is 11.4 Å². The Kier molecular flexibility index (Phi) is 3.28. The molecular formula is C15H18N4O. The first kappa shape index (κ1) is 12.9. The van der Waals surface area contributed by atoms with Gasteiger partial charge >= 0.3 is 0 Å². The lowest BCUT2D eigenvalue weighted by atomic mass is 10.1. The molecule has 0 aliphatic carbocycles. The Morgan fingerprint density at radius 1 is 1.40 bits per heavy atom. The highest BCUT2D eigenvalue weighted by Crippen LogP contribution is 2.25. The zero-order chi connectivity index (χ0) is 14.1. The Morgan fingerprint density at radius 3 is 2.95 bits per heavy atom. The Hall–Kier alpha value is -2.14. The van der Waals surface area contributed by atoms with Crippen molar-refractivity contribution in [1.82, 2.24) is 15.1 Å². The fourth-order valence-corrected chi connectivity index (χ4v) is 2.52. The van der Waals surface area contributed by atoms with Crippen LogP contribution >= 0.6 is 0 Å². The Balaban J connectivity index is 2.00. The van der Waals surface area contributed by atoms with E-state index >= 15 is 0 Å². The molecule has 0 radical (unpaired) electrons. The Bertz CT molecular complexity index is 634. The van der Waals surface area contributed by atoms with Crippen LogP contribution in [0.2, 0.25) is 0 Å². The third kappa shape index (κ3) is 2.32. The van der Waals surface area contributed by atoms with Crippen molar-refractivity contribution in [3.8, 4) is 0 Å². The monoisotopic (exact) mass is 270 g/mol. The molecule has 0 bridgehead atoms. The molecule has 1 aromatic carbocycles. The minimum atomic E-state index is 0.00102. The molecule has 1 atom stereocenters. The highest BCUT2D eigenvalue weighted by molar-refractivity contribution is 6.06. The fraction of sp³-hybridized carbons (Fsp3) is 0.333. The molecule has 0 saturated heterocycles. The quantitative estimate of drug-likeness (QED) is 0.855. The maximum Gasteiger partial charge on any atom is 0.261 e. The maximum atomic E-state index is 12.7. The molecule has 1 aromatic heterocycles. The molecule has 0 saturated carbocycles. The van der Waals surface area contributed by atoms with Gasteiger partial charge in [0, 0.05) is 38.1 Å². The van der Waals surface area contributed by atoms with E-state index in [9.17, 15) is 4.79 Å². The molecule has 0 fully saturated rings. The molecule has 20 heavy (non-hydrogen) atoms. The predicted molar refractivity (Wildman–Crippen MR) is 77.6 cm³/mol. The maximum absolute atomic E-state index is 12.7. The number of hydrogen-bond acceptors (Lipinski definition) is 3. The summed E-state index contributed by atoms with van der Waals surface area (Å²) in [6.07, 6.45) is 3.38. The lowest BCUT2D eigenvalue weighted by Crippen LogP contribution is -2.39. The molecule has 1 aliphatic rings. The summed E-state index contributed by atoms with van der Waals surface area (Å²) in [5.41, 5.74) is 2.75. The van der Waals surface area contributed by atoms with Crippen LogP contribution in [-0.2, 0) is 13.6 Å². The largest absolute Gasteiger partial charge is 0.308 e. The number of benzene rings is 1. The van der Waals surface area contributed by atoms with Crippen LogP contribution in [0.5, 0.6) is 0 Å². The van der Waals surface area contributed by atoms with Crippen molar-refractivity contribution >= 4 is 11.6 Å². The molecule has 1 aliphatic heterocycles. The minimum Gasteiger partial charge on any atom is -0.308 e. The number of anilines is 1. The molecule has 1 amide bonds. The number of nitrogens with zero attached hydrogens (tertiary/aromatic N) is 3. The number of aryl methyl sites for hydroxylation is 1. The fourth-order valence-electron chi connectivity index (χ4n) is 2.52. The summed E-state index contributed by atoms with van der Waals surface area (Å²) in [6.45, 7) is 3.54. The summed E-state index contributed by atoms with van der Waals surface area (Å²) < 4.78 is 1.65. The van der Waals surface area contributed by atoms with Crippen LogP contribution in [0.3, 0.4) is 0 Å². The smallest absolute Gasteiger partial charge is 0.261 e. The second kappa shape index (κ2) is 5.09. The van der Waals surface area contributed by atoms with Gasteiger partial charge in [0.25, 0.3) is 5.91 Å². The van der Waals surface area contributed by atoms with Crippen molar-refractivity contribution < 1.29 is 4.79 Å². The van der Waals surface area contributed by atoms with E-state index in [0.717, 1.165) is 17.8 Å². The number of fused-ring (bicyclic) bond motifs is 1. The lowest BCUT2D eigenvalue weighted by Gasteiger charge is -2.23. The van der Waals surface area contributed by atoms with E-state index in [0.29, 0.717) is 12.1 Å². The second-order valence-electron chi connectivity index (χ2n) is 5.23. The van der Waals surface area contributed by atoms with Crippen molar-refractivity contribution in [1.29, 1.82) is 0 Å². The number of rotatable bonds is 1. The molecule has 1 unspecified atom stereocenters. The lowest BCUT2D eigenvalue weighted by molar-refractivity contribution is 0.0985. The summed E-state index contributed by atoms with van der Waals surface area (Å²) in [4.78, 5) is 14.6. The number of carbonyl (C=O) groups is 1. The van der Waals surface area contributed by atoms with E-state index in [-0.39, 0.29) is 11.9 Å². The molecular weight excluding hydrogens is 252 g/mol. The van der Waals surface area contributed by atoms with Gasteiger partial charge < -0.3 is 10.2 Å². The number of para-hydroxylation sites is 1. The SMILES string of the molecule is CC1CN(C(=O)c2cnn(C)c2)c2ccccc2CN1. The molecule has 5 heteroatoms. The van der Waals surface area contributed by atoms with Gasteiger partial charge in [-0.05, 0) is 18.6 Å². The van der Waals surface area contributed by atoms with Gasteiger partial charge in [-0.2, -0.15) is 5.10 Å². The number of aromatic nitrogens is 2. The van der Waals surface area contributed by atoms with Gasteiger partial charge in [-0.3, -0.25) is 9.48 Å². The van der Waals surface area contributed by atoms with Crippen molar-refractivity contribution in [3.05, 3.63) is 47.8 Å². The van der Waals surface area contributed by atoms with Crippen LogP contribution in [0.4, 0.5) is 5.69 Å². The van der Waals surface area contributed by atoms with Gasteiger partial charge in [0.1, 0.15) is 0 Å². The molecule has 104 valence electrons. The summed E-state index contributed by atoms with van der Waals surface area (Å²) >= 11 is 0. The first-order chi connectivity index (χ1) is 9.65. The molecule has 5 nitrogen and oxygen atoms in total. The average Bonchev–Trinajstić information content (AvgIpc) is 2.81. The van der Waals surface area contributed by atoms with E-state index in [1.54, 1.807) is 17.1 Å². The van der Waals surface area contributed by atoms with Gasteiger partial charge in [0.2, 0.25) is 0 Å². The van der Waals surface area contributed by atoms with Crippen LogP contribution in [0.1, 0.15) is 22.8 Å². The molecule has 1 N–H and O–H groups in total. The number of nitrogens with one attached hydrogen (secondary N) is 1. The van der Waals surface area contributed by atoms with E-state index in [1.165, 1.54) is 0 Å². The van der Waals surface area contributed by atoms with Crippen LogP contribution in [0, 0.1) is 0 Å². The van der Waals surface area contributed by atoms with E-state index < -0.39 is 0 Å². The standard InChI is InChI=1S/C15H18N4O/c1-11-9-19(15(20)13-8-17-18(2)10-13)14-6-4-3-5-12(14)7-16-11/h3-6,8,10-11,16H,7,9H2,1-2H3. The van der Waals surface area contributed by atoms with E-state index in [1.807, 2.05) is 30.1 Å². The predicted octanol–water partition coefficient (Wildman–Crippen LogP) is 1.56. The molecule has 0 spiro atoms. The van der Waals surface area contributed by atoms with Gasteiger partial charge in [-0.25, -0.2) is 0 Å². The first-order valence-electron chi connectivity index (χ1n) is 6.77. The Labute approximate surface area is 118 Å². The van der Waals surface area contributed by atoms with Crippen LogP contribution in [0.15, 0.2) is 36.7 Å². The van der Waals surface area contributed by atoms with Crippen molar-refractivity contribution in [2.24, 2.45) is 7.05 Å². The van der Waals surface area contributed by atoms with Crippen LogP contribution < -0.4 is 10.2 Å². The summed E-state index contributed by atoms with van der Waals surface area (Å²) in [5, 5.41) is 7.51. The normalized spacial score (nSPS) is 18.5. The summed E-state index contributed by atoms with van der Waals surface area (Å²) in [6, 6.07) is 8.29. The number of carbonyl (C=O) groups excluding carboxylic acids is 1. The molecule has 3 rings (SSSR count). The second-order valence-corrected chi connectivity index (χ2v) is 5.23. The Morgan fingerprint density at radius 2 is 2.20 bits per heavy atom. The van der Waals surface area contributed by atoms with Crippen molar-refractivity contribution in [3.63, 3.8) is 0 Å². The highest BCUT2D eigenvalue weighted by Gasteiger charge is 2.25. The number of amides is 1. The minimum absolute atomic E-state index is 0.00102. The number of hydrogen-bond donors (Lipinski definition) is 1. The molecule has 2 heterocycles.